The number of nitrogens with zero attached hydrogens (tertiary/aromatic N) is 3. The van der Waals surface area contributed by atoms with Gasteiger partial charge in [-0.05, 0) is 72.0 Å². The van der Waals surface area contributed by atoms with Crippen LogP contribution in [0.2, 0.25) is 5.02 Å². The standard InChI is InChI=1S/C34H43ClN6/c1-2-31-14-13-28(23-34(31)35)15-18-36-24-29-9-11-30(12-10-29)27-41(21-19-37-25-32-7-3-5-16-39-32)22-20-38-26-33-8-4-6-17-40-33/h3-14,16-17,23,36-38H,2,15,18-22,24-27H2,1H3. The number of aryl methyl sites for hydroxylation is 1. The summed E-state index contributed by atoms with van der Waals surface area (Å²) in [4.78, 5) is 11.3. The third-order valence-electron chi connectivity index (χ3n) is 7.12. The van der Waals surface area contributed by atoms with Crippen LogP contribution in [0, 0.1) is 0 Å². The number of rotatable bonds is 18. The molecular weight excluding hydrogens is 528 g/mol. The first-order chi connectivity index (χ1) is 20.2. The third-order valence-corrected chi connectivity index (χ3v) is 7.47. The zero-order chi connectivity index (χ0) is 28.5. The minimum atomic E-state index is 0.783. The summed E-state index contributed by atoms with van der Waals surface area (Å²) in [5.41, 5.74) is 7.25. The Morgan fingerprint density at radius 2 is 1.24 bits per heavy atom. The first-order valence-electron chi connectivity index (χ1n) is 14.7. The van der Waals surface area contributed by atoms with Gasteiger partial charge in [0, 0.05) is 69.8 Å². The van der Waals surface area contributed by atoms with E-state index in [4.69, 9.17) is 11.6 Å². The van der Waals surface area contributed by atoms with Gasteiger partial charge in [0.1, 0.15) is 0 Å². The number of hydrogen-bond acceptors (Lipinski definition) is 6. The van der Waals surface area contributed by atoms with Crippen LogP contribution in [0.3, 0.4) is 0 Å². The van der Waals surface area contributed by atoms with Crippen molar-refractivity contribution in [2.24, 2.45) is 0 Å². The second kappa shape index (κ2) is 17.6. The van der Waals surface area contributed by atoms with Crippen molar-refractivity contribution in [1.29, 1.82) is 0 Å². The van der Waals surface area contributed by atoms with Crippen LogP contribution in [0.15, 0.2) is 91.3 Å². The van der Waals surface area contributed by atoms with Gasteiger partial charge in [-0.15, -0.1) is 0 Å². The number of pyridine rings is 2. The predicted molar refractivity (Wildman–Crippen MR) is 170 cm³/mol. The number of hydrogen-bond donors (Lipinski definition) is 3. The molecule has 0 atom stereocenters. The van der Waals surface area contributed by atoms with Gasteiger partial charge in [-0.2, -0.15) is 0 Å². The first-order valence-corrected chi connectivity index (χ1v) is 15.1. The molecule has 4 rings (SSSR count). The third kappa shape index (κ3) is 11.3. The molecule has 2 aromatic heterocycles. The molecule has 0 unspecified atom stereocenters. The summed E-state index contributed by atoms with van der Waals surface area (Å²) in [7, 11) is 0. The van der Waals surface area contributed by atoms with Crippen molar-refractivity contribution >= 4 is 11.6 Å². The normalized spacial score (nSPS) is 11.3. The fraction of sp³-hybridized carbons (Fsp3) is 0.353. The SMILES string of the molecule is CCc1ccc(CCNCc2ccc(CN(CCNCc3ccccn3)CCNCc3ccccn3)cc2)cc1Cl. The largest absolute Gasteiger partial charge is 0.312 e. The number of aromatic nitrogens is 2. The topological polar surface area (TPSA) is 65.1 Å². The molecule has 0 saturated heterocycles. The molecule has 216 valence electrons. The van der Waals surface area contributed by atoms with Gasteiger partial charge in [0.15, 0.2) is 0 Å². The average Bonchev–Trinajstić information content (AvgIpc) is 3.01. The van der Waals surface area contributed by atoms with Gasteiger partial charge in [0.2, 0.25) is 0 Å². The Kier molecular flexibility index (Phi) is 13.3. The van der Waals surface area contributed by atoms with Crippen molar-refractivity contribution in [3.63, 3.8) is 0 Å². The molecule has 0 radical (unpaired) electrons. The summed E-state index contributed by atoms with van der Waals surface area (Å²) in [6.07, 6.45) is 5.63. The molecule has 0 amide bonds. The lowest BCUT2D eigenvalue weighted by molar-refractivity contribution is 0.263. The molecule has 4 aromatic rings. The van der Waals surface area contributed by atoms with Gasteiger partial charge >= 0.3 is 0 Å². The maximum absolute atomic E-state index is 6.37. The Hall–Kier alpha value is -3.13. The number of benzene rings is 2. The van der Waals surface area contributed by atoms with Crippen LogP contribution in [0.4, 0.5) is 0 Å². The van der Waals surface area contributed by atoms with Crippen LogP contribution in [-0.4, -0.2) is 47.6 Å². The number of halogens is 1. The predicted octanol–water partition coefficient (Wildman–Crippen LogP) is 5.41. The van der Waals surface area contributed by atoms with E-state index in [-0.39, 0.29) is 0 Å². The smallest absolute Gasteiger partial charge is 0.0541 e. The van der Waals surface area contributed by atoms with E-state index in [9.17, 15) is 0 Å². The van der Waals surface area contributed by atoms with Crippen LogP contribution in [0.25, 0.3) is 0 Å². The van der Waals surface area contributed by atoms with Gasteiger partial charge in [-0.3, -0.25) is 14.9 Å². The summed E-state index contributed by atoms with van der Waals surface area (Å²) in [5.74, 6) is 0. The Morgan fingerprint density at radius 3 is 1.80 bits per heavy atom. The van der Waals surface area contributed by atoms with Gasteiger partial charge in [0.25, 0.3) is 0 Å². The molecule has 2 aromatic carbocycles. The van der Waals surface area contributed by atoms with Crippen LogP contribution in [0.1, 0.15) is 40.6 Å². The average molecular weight is 571 g/mol. The van der Waals surface area contributed by atoms with Gasteiger partial charge in [-0.1, -0.05) is 67.1 Å². The fourth-order valence-corrected chi connectivity index (χ4v) is 5.04. The number of nitrogens with one attached hydrogen (secondary N) is 3. The van der Waals surface area contributed by atoms with Crippen LogP contribution < -0.4 is 16.0 Å². The maximum atomic E-state index is 6.37. The van der Waals surface area contributed by atoms with E-state index < -0.39 is 0 Å². The zero-order valence-electron chi connectivity index (χ0n) is 24.2. The minimum Gasteiger partial charge on any atom is -0.312 e. The van der Waals surface area contributed by atoms with E-state index in [2.05, 4.69) is 92.3 Å². The molecular formula is C34H43ClN6. The highest BCUT2D eigenvalue weighted by Gasteiger charge is 2.07. The molecule has 7 heteroatoms. The molecule has 41 heavy (non-hydrogen) atoms. The van der Waals surface area contributed by atoms with Crippen LogP contribution >= 0.6 is 11.6 Å². The highest BCUT2D eigenvalue weighted by Crippen LogP contribution is 2.18. The molecule has 0 bridgehead atoms. The van der Waals surface area contributed by atoms with Crippen LogP contribution in [-0.2, 0) is 39.0 Å². The van der Waals surface area contributed by atoms with E-state index in [1.54, 1.807) is 0 Å². The van der Waals surface area contributed by atoms with Crippen LogP contribution in [0.5, 0.6) is 0 Å². The molecule has 0 aliphatic carbocycles. The summed E-state index contributed by atoms with van der Waals surface area (Å²) < 4.78 is 0. The monoisotopic (exact) mass is 570 g/mol. The highest BCUT2D eigenvalue weighted by molar-refractivity contribution is 6.31. The molecule has 0 aliphatic heterocycles. The van der Waals surface area contributed by atoms with Crippen molar-refractivity contribution in [2.45, 2.75) is 45.9 Å². The van der Waals surface area contributed by atoms with E-state index in [1.807, 2.05) is 36.7 Å². The Morgan fingerprint density at radius 1 is 0.659 bits per heavy atom. The second-order valence-corrected chi connectivity index (χ2v) is 10.7. The lowest BCUT2D eigenvalue weighted by Crippen LogP contribution is -2.36. The molecule has 3 N–H and O–H groups in total. The zero-order valence-corrected chi connectivity index (χ0v) is 24.9. The van der Waals surface area contributed by atoms with Gasteiger partial charge in [0.05, 0.1) is 11.4 Å². The molecule has 0 spiro atoms. The van der Waals surface area contributed by atoms with Crippen molar-refractivity contribution < 1.29 is 0 Å². The first kappa shape index (κ1) is 30.8. The van der Waals surface area contributed by atoms with E-state index >= 15 is 0 Å². The Bertz CT molecular complexity index is 1220. The van der Waals surface area contributed by atoms with E-state index in [1.165, 1.54) is 22.3 Å². The van der Waals surface area contributed by atoms with Gasteiger partial charge < -0.3 is 16.0 Å². The maximum Gasteiger partial charge on any atom is 0.0541 e. The summed E-state index contributed by atoms with van der Waals surface area (Å²) in [5, 5.41) is 11.5. The minimum absolute atomic E-state index is 0.783. The van der Waals surface area contributed by atoms with E-state index in [0.29, 0.717) is 0 Å². The highest BCUT2D eigenvalue weighted by atomic mass is 35.5. The van der Waals surface area contributed by atoms with Crippen molar-refractivity contribution in [2.75, 3.05) is 32.7 Å². The van der Waals surface area contributed by atoms with Crippen molar-refractivity contribution in [3.05, 3.63) is 130 Å². The Balaban J connectivity index is 1.21. The molecule has 0 saturated carbocycles. The molecule has 0 aliphatic rings. The quantitative estimate of drug-likeness (QED) is 0.139. The molecule has 0 fully saturated rings. The Labute approximate surface area is 250 Å². The lowest BCUT2D eigenvalue weighted by Gasteiger charge is -2.23. The summed E-state index contributed by atoms with van der Waals surface area (Å²) in [6, 6.07) is 27.5. The molecule has 2 heterocycles. The van der Waals surface area contributed by atoms with Gasteiger partial charge in [-0.25, -0.2) is 0 Å². The fourth-order valence-electron chi connectivity index (χ4n) is 4.70. The second-order valence-electron chi connectivity index (χ2n) is 10.3. The van der Waals surface area contributed by atoms with E-state index in [0.717, 1.165) is 88.2 Å². The summed E-state index contributed by atoms with van der Waals surface area (Å²) >= 11 is 6.37. The van der Waals surface area contributed by atoms with Crippen molar-refractivity contribution in [3.8, 4) is 0 Å². The molecule has 6 nitrogen and oxygen atoms in total. The summed E-state index contributed by atoms with van der Waals surface area (Å²) in [6.45, 7) is 10.1. The van der Waals surface area contributed by atoms with Crippen molar-refractivity contribution in [1.82, 2.24) is 30.8 Å². The lowest BCUT2D eigenvalue weighted by atomic mass is 10.1.